The second-order valence-corrected chi connectivity index (χ2v) is 5.69. The van der Waals surface area contributed by atoms with Crippen LogP contribution in [-0.2, 0) is 19.1 Å². The molecule has 0 fully saturated rings. The van der Waals surface area contributed by atoms with Gasteiger partial charge in [-0.25, -0.2) is 9.59 Å². The van der Waals surface area contributed by atoms with Gasteiger partial charge in [0.15, 0.2) is 0 Å². The minimum atomic E-state index is -1.04. The van der Waals surface area contributed by atoms with Crippen molar-refractivity contribution in [3.8, 4) is 0 Å². The van der Waals surface area contributed by atoms with Gasteiger partial charge in [-0.2, -0.15) is 0 Å². The summed E-state index contributed by atoms with van der Waals surface area (Å²) in [6, 6.07) is 0. The van der Waals surface area contributed by atoms with Gasteiger partial charge in [-0.3, -0.25) is 4.79 Å². The van der Waals surface area contributed by atoms with Crippen molar-refractivity contribution < 1.29 is 34.4 Å². The van der Waals surface area contributed by atoms with Gasteiger partial charge in [-0.15, -0.1) is 0 Å². The van der Waals surface area contributed by atoms with Gasteiger partial charge in [0.25, 0.3) is 0 Å². The van der Waals surface area contributed by atoms with Crippen molar-refractivity contribution in [1.82, 2.24) is 0 Å². The number of carboxylic acids is 2. The molecule has 156 valence electrons. The molecule has 0 rings (SSSR count). The molecule has 0 aliphatic heterocycles. The molecule has 0 aliphatic carbocycles. The molecule has 27 heavy (non-hydrogen) atoms. The van der Waals surface area contributed by atoms with Gasteiger partial charge in [0.05, 0.1) is 6.26 Å². The Bertz CT molecular complexity index is 481. The highest BCUT2D eigenvalue weighted by atomic mass is 16.5. The summed E-state index contributed by atoms with van der Waals surface area (Å²) >= 11 is 0. The topological polar surface area (TPSA) is 121 Å². The quantitative estimate of drug-likeness (QED) is 0.279. The van der Waals surface area contributed by atoms with Gasteiger partial charge >= 0.3 is 17.9 Å². The lowest BCUT2D eigenvalue weighted by Gasteiger charge is -2.13. The number of carbonyl (C=O) groups excluding carboxylic acids is 1. The second-order valence-electron chi connectivity index (χ2n) is 5.69. The summed E-state index contributed by atoms with van der Waals surface area (Å²) in [5.74, 6) is -1.72. The predicted molar refractivity (Wildman–Crippen MR) is 105 cm³/mol. The van der Waals surface area contributed by atoms with Crippen molar-refractivity contribution in [2.24, 2.45) is 5.92 Å². The standard InChI is InChI=1S/C11H20O2.C5H8O3.C4H6O2/c1-4-6-7-10(5-2)8-9(3)11(12)13;1-4(2-3-6)5(7)8;1-3-6-4(2)5/h10H,3-8H2,1-2H3,(H,12,13);6H,1-3H2,(H,7,8);3H,1H2,2H3. The van der Waals surface area contributed by atoms with E-state index in [0.29, 0.717) is 17.9 Å². The molecule has 0 spiro atoms. The Labute approximate surface area is 162 Å². The number of ether oxygens (including phenoxy) is 1. The zero-order valence-electron chi connectivity index (χ0n) is 16.7. The zero-order valence-corrected chi connectivity index (χ0v) is 16.7. The fourth-order valence-electron chi connectivity index (χ4n) is 1.74. The number of hydrogen-bond donors (Lipinski definition) is 3. The number of aliphatic hydroxyl groups excluding tert-OH is 1. The van der Waals surface area contributed by atoms with E-state index >= 15 is 0 Å². The van der Waals surface area contributed by atoms with Gasteiger partial charge in [-0.1, -0.05) is 59.3 Å². The lowest BCUT2D eigenvalue weighted by molar-refractivity contribution is -0.135. The third-order valence-corrected chi connectivity index (χ3v) is 3.35. The van der Waals surface area contributed by atoms with Crippen molar-refractivity contribution in [3.63, 3.8) is 0 Å². The molecule has 0 radical (unpaired) electrons. The maximum absolute atomic E-state index is 10.5. The lowest BCUT2D eigenvalue weighted by atomic mass is 9.92. The summed E-state index contributed by atoms with van der Waals surface area (Å²) < 4.78 is 4.17. The number of rotatable bonds is 11. The van der Waals surface area contributed by atoms with Crippen LogP contribution >= 0.6 is 0 Å². The zero-order chi connectivity index (χ0) is 21.8. The highest BCUT2D eigenvalue weighted by Gasteiger charge is 2.11. The molecule has 0 saturated carbocycles. The highest BCUT2D eigenvalue weighted by molar-refractivity contribution is 5.86. The van der Waals surface area contributed by atoms with E-state index in [1.54, 1.807) is 0 Å². The second kappa shape index (κ2) is 19.9. The molecule has 1 unspecified atom stereocenters. The molecular formula is C20H34O7. The van der Waals surface area contributed by atoms with Gasteiger partial charge in [0.1, 0.15) is 0 Å². The van der Waals surface area contributed by atoms with Crippen molar-refractivity contribution >= 4 is 17.9 Å². The summed E-state index contributed by atoms with van der Waals surface area (Å²) in [5, 5.41) is 24.9. The van der Waals surface area contributed by atoms with Crippen LogP contribution in [0, 0.1) is 5.92 Å². The minimum Gasteiger partial charge on any atom is -0.478 e. The number of carbonyl (C=O) groups is 3. The molecule has 7 heteroatoms. The first kappa shape index (κ1) is 29.4. The summed E-state index contributed by atoms with van der Waals surface area (Å²) in [5.41, 5.74) is 0.399. The fraction of sp³-hybridized carbons (Fsp3) is 0.550. The monoisotopic (exact) mass is 386 g/mol. The highest BCUT2D eigenvalue weighted by Crippen LogP contribution is 2.20. The SMILES string of the molecule is C=C(CC(CC)CCCC)C(=O)O.C=C(CCO)C(=O)O.C=COC(C)=O. The van der Waals surface area contributed by atoms with E-state index in [2.05, 4.69) is 38.3 Å². The average molecular weight is 386 g/mol. The van der Waals surface area contributed by atoms with Crippen molar-refractivity contribution in [2.45, 2.75) is 59.3 Å². The van der Waals surface area contributed by atoms with Crippen molar-refractivity contribution in [2.75, 3.05) is 6.61 Å². The van der Waals surface area contributed by atoms with Crippen LogP contribution in [0.15, 0.2) is 37.1 Å². The normalized spacial score (nSPS) is 10.1. The van der Waals surface area contributed by atoms with E-state index in [1.807, 2.05) is 0 Å². The number of esters is 1. The number of carboxylic acid groups (broad SMARTS) is 2. The molecule has 1 atom stereocenters. The van der Waals surface area contributed by atoms with Crippen molar-refractivity contribution in [1.29, 1.82) is 0 Å². The molecule has 3 N–H and O–H groups in total. The first-order valence-corrected chi connectivity index (χ1v) is 8.78. The van der Waals surface area contributed by atoms with Gasteiger partial charge in [0.2, 0.25) is 0 Å². The van der Waals surface area contributed by atoms with Crippen LogP contribution in [0.1, 0.15) is 59.3 Å². The van der Waals surface area contributed by atoms with E-state index in [0.717, 1.165) is 19.1 Å². The van der Waals surface area contributed by atoms with Gasteiger partial charge in [-0.05, 0) is 12.3 Å². The Hall–Kier alpha value is -2.41. The molecule has 0 bridgehead atoms. The maximum Gasteiger partial charge on any atom is 0.331 e. The smallest absolute Gasteiger partial charge is 0.331 e. The molecule has 0 aliphatic rings. The van der Waals surface area contributed by atoms with Crippen LogP contribution in [0.4, 0.5) is 0 Å². The molecular weight excluding hydrogens is 352 g/mol. The van der Waals surface area contributed by atoms with Crippen LogP contribution in [0.5, 0.6) is 0 Å². The molecule has 0 aromatic heterocycles. The summed E-state index contributed by atoms with van der Waals surface area (Å²) in [7, 11) is 0. The van der Waals surface area contributed by atoms with Gasteiger partial charge in [0, 0.05) is 31.1 Å². The largest absolute Gasteiger partial charge is 0.478 e. The molecule has 0 heterocycles. The Morgan fingerprint density at radius 2 is 1.59 bits per heavy atom. The molecule has 7 nitrogen and oxygen atoms in total. The maximum atomic E-state index is 10.5. The summed E-state index contributed by atoms with van der Waals surface area (Å²) in [4.78, 5) is 30.2. The van der Waals surface area contributed by atoms with Crippen LogP contribution in [0.25, 0.3) is 0 Å². The van der Waals surface area contributed by atoms with E-state index in [4.69, 9.17) is 15.3 Å². The number of hydrogen-bond acceptors (Lipinski definition) is 5. The first-order valence-electron chi connectivity index (χ1n) is 8.78. The minimum absolute atomic E-state index is 0.0486. The Morgan fingerprint density at radius 3 is 1.81 bits per heavy atom. The van der Waals surface area contributed by atoms with Crippen LogP contribution in [0.2, 0.25) is 0 Å². The molecule has 0 aromatic rings. The number of aliphatic carboxylic acids is 2. The number of aliphatic hydroxyl groups is 1. The fourth-order valence-corrected chi connectivity index (χ4v) is 1.74. The van der Waals surface area contributed by atoms with Crippen molar-refractivity contribution in [3.05, 3.63) is 37.1 Å². The molecule has 0 aromatic carbocycles. The van der Waals surface area contributed by atoms with E-state index < -0.39 is 11.9 Å². The van der Waals surface area contributed by atoms with E-state index in [1.165, 1.54) is 19.8 Å². The number of unbranched alkanes of at least 4 members (excludes halogenated alkanes) is 1. The Balaban J connectivity index is -0.000000351. The van der Waals surface area contributed by atoms with Gasteiger partial charge < -0.3 is 20.1 Å². The Kier molecular flexibility index (Phi) is 21.6. The van der Waals surface area contributed by atoms with E-state index in [9.17, 15) is 14.4 Å². The third-order valence-electron chi connectivity index (χ3n) is 3.35. The predicted octanol–water partition coefficient (Wildman–Crippen LogP) is 3.94. The Morgan fingerprint density at radius 1 is 1.07 bits per heavy atom. The van der Waals surface area contributed by atoms with E-state index in [-0.39, 0.29) is 24.6 Å². The van der Waals surface area contributed by atoms with Crippen LogP contribution in [-0.4, -0.2) is 39.8 Å². The molecule has 0 amide bonds. The summed E-state index contributed by atoms with van der Waals surface area (Å²) in [6.07, 6.45) is 6.43. The average Bonchev–Trinajstić information content (AvgIpc) is 2.59. The lowest BCUT2D eigenvalue weighted by Crippen LogP contribution is -2.06. The van der Waals surface area contributed by atoms with Crippen LogP contribution in [0.3, 0.4) is 0 Å². The third kappa shape index (κ3) is 23.6. The molecule has 0 saturated heterocycles. The van der Waals surface area contributed by atoms with Crippen LogP contribution < -0.4 is 0 Å². The first-order chi connectivity index (χ1) is 12.6. The summed E-state index contributed by atoms with van der Waals surface area (Å²) in [6.45, 7) is 15.3.